The Bertz CT molecular complexity index is 1040. The number of hydrogen-bond donors (Lipinski definition) is 1. The van der Waals surface area contributed by atoms with Crippen LogP contribution in [0.4, 0.5) is 4.39 Å². The second kappa shape index (κ2) is 9.11. The monoisotopic (exact) mass is 440 g/mol. The number of hydrogen-bond acceptors (Lipinski definition) is 5. The van der Waals surface area contributed by atoms with Crippen LogP contribution in [-0.2, 0) is 17.7 Å². The zero-order valence-electron chi connectivity index (χ0n) is 18.2. The maximum Gasteiger partial charge on any atom is 0.256 e. The van der Waals surface area contributed by atoms with E-state index in [1.165, 1.54) is 18.2 Å². The van der Waals surface area contributed by atoms with Crippen LogP contribution in [0.3, 0.4) is 0 Å². The van der Waals surface area contributed by atoms with Gasteiger partial charge in [0.05, 0.1) is 17.8 Å². The Labute approximate surface area is 186 Å². The minimum atomic E-state index is -0.444. The largest absolute Gasteiger partial charge is 0.381 e. The van der Waals surface area contributed by atoms with Crippen molar-refractivity contribution in [2.24, 2.45) is 0 Å². The van der Waals surface area contributed by atoms with Crippen molar-refractivity contribution in [2.75, 3.05) is 32.8 Å². The van der Waals surface area contributed by atoms with E-state index >= 15 is 0 Å². The van der Waals surface area contributed by atoms with E-state index in [0.717, 1.165) is 63.5 Å². The van der Waals surface area contributed by atoms with Crippen molar-refractivity contribution in [2.45, 2.75) is 50.6 Å². The first kappa shape index (κ1) is 21.3. The van der Waals surface area contributed by atoms with Crippen LogP contribution in [0.5, 0.6) is 0 Å². The van der Waals surface area contributed by atoms with Gasteiger partial charge >= 0.3 is 0 Å². The lowest BCUT2D eigenvalue weighted by molar-refractivity contribution is 0.0248. The fraction of sp³-hybridized carbons (Fsp3) is 0.542. The number of amides is 1. The topological polar surface area (TPSA) is 78.5 Å². The Kier molecular flexibility index (Phi) is 6.06. The summed E-state index contributed by atoms with van der Waals surface area (Å²) in [6.45, 7) is 4.42. The van der Waals surface area contributed by atoms with Crippen LogP contribution in [0.2, 0.25) is 0 Å². The summed E-state index contributed by atoms with van der Waals surface area (Å²) in [4.78, 5) is 37.6. The van der Waals surface area contributed by atoms with Gasteiger partial charge in [0.15, 0.2) is 0 Å². The molecule has 170 valence electrons. The fourth-order valence-electron chi connectivity index (χ4n) is 5.20. The maximum atomic E-state index is 13.5. The second-order valence-corrected chi connectivity index (χ2v) is 9.02. The highest BCUT2D eigenvalue weighted by atomic mass is 19.1. The van der Waals surface area contributed by atoms with Gasteiger partial charge in [-0.25, -0.2) is 9.37 Å². The standard InChI is InChI=1S/C24H29FN4O3/c25-18-3-1-2-17(14-18)24(31)29-11-6-21-20(15-29)23(30)27-22(26-21)16-4-9-28(10-5-16)19-7-12-32-13-8-19/h1-3,14,16,19H,4-13,15H2,(H,26,27,30). The van der Waals surface area contributed by atoms with Crippen LogP contribution in [0, 0.1) is 5.82 Å². The van der Waals surface area contributed by atoms with Crippen LogP contribution in [-0.4, -0.2) is 64.6 Å². The van der Waals surface area contributed by atoms with Crippen LogP contribution < -0.4 is 5.56 Å². The molecule has 3 aliphatic heterocycles. The SMILES string of the molecule is O=C(c1cccc(F)c1)N1CCc2nc(C3CCN(C4CCOCC4)CC3)[nH]c(=O)c2C1. The number of halogens is 1. The highest BCUT2D eigenvalue weighted by Crippen LogP contribution is 2.29. The van der Waals surface area contributed by atoms with Gasteiger partial charge in [0.2, 0.25) is 0 Å². The summed E-state index contributed by atoms with van der Waals surface area (Å²) in [5, 5.41) is 0. The van der Waals surface area contributed by atoms with Gasteiger partial charge in [-0.15, -0.1) is 0 Å². The number of carbonyl (C=O) groups is 1. The third kappa shape index (κ3) is 4.34. The van der Waals surface area contributed by atoms with Crippen molar-refractivity contribution in [1.29, 1.82) is 0 Å². The van der Waals surface area contributed by atoms with E-state index in [9.17, 15) is 14.0 Å². The van der Waals surface area contributed by atoms with Crippen molar-refractivity contribution in [3.05, 3.63) is 63.1 Å². The number of piperidine rings is 1. The molecule has 0 radical (unpaired) electrons. The molecule has 0 atom stereocenters. The van der Waals surface area contributed by atoms with E-state index < -0.39 is 5.82 Å². The maximum absolute atomic E-state index is 13.5. The number of ether oxygens (including phenoxy) is 1. The van der Waals surface area contributed by atoms with Gasteiger partial charge in [0, 0.05) is 43.7 Å². The molecule has 7 nitrogen and oxygen atoms in total. The average molecular weight is 441 g/mol. The minimum Gasteiger partial charge on any atom is -0.381 e. The molecule has 3 aliphatic rings. The smallest absolute Gasteiger partial charge is 0.256 e. The highest BCUT2D eigenvalue weighted by molar-refractivity contribution is 5.94. The van der Waals surface area contributed by atoms with E-state index in [-0.39, 0.29) is 23.9 Å². The molecule has 8 heteroatoms. The Balaban J connectivity index is 1.26. The Hall–Kier alpha value is -2.58. The van der Waals surface area contributed by atoms with Crippen molar-refractivity contribution in [1.82, 2.24) is 19.8 Å². The Morgan fingerprint density at radius 3 is 2.66 bits per heavy atom. The van der Waals surface area contributed by atoms with E-state index in [0.29, 0.717) is 30.1 Å². The van der Waals surface area contributed by atoms with Gasteiger partial charge in [-0.2, -0.15) is 0 Å². The summed E-state index contributed by atoms with van der Waals surface area (Å²) in [7, 11) is 0. The van der Waals surface area contributed by atoms with Gasteiger partial charge in [-0.05, 0) is 57.0 Å². The molecule has 0 aliphatic carbocycles. The van der Waals surface area contributed by atoms with Gasteiger partial charge in [-0.3, -0.25) is 9.59 Å². The molecule has 2 aromatic rings. The highest BCUT2D eigenvalue weighted by Gasteiger charge is 2.30. The molecule has 1 aromatic heterocycles. The summed E-state index contributed by atoms with van der Waals surface area (Å²) in [6.07, 6.45) is 4.72. The third-order valence-corrected chi connectivity index (χ3v) is 7.07. The molecule has 0 spiro atoms. The summed E-state index contributed by atoms with van der Waals surface area (Å²) in [6, 6.07) is 6.28. The lowest BCUT2D eigenvalue weighted by Gasteiger charge is -2.39. The number of aromatic nitrogens is 2. The van der Waals surface area contributed by atoms with Gasteiger partial charge < -0.3 is 19.5 Å². The van der Waals surface area contributed by atoms with E-state index in [4.69, 9.17) is 9.72 Å². The number of carbonyl (C=O) groups excluding carboxylic acids is 1. The first-order valence-corrected chi connectivity index (χ1v) is 11.6. The number of likely N-dealkylation sites (tertiary alicyclic amines) is 1. The number of aromatic amines is 1. The van der Waals surface area contributed by atoms with Crippen molar-refractivity contribution < 1.29 is 13.9 Å². The van der Waals surface area contributed by atoms with Gasteiger partial charge in [0.1, 0.15) is 11.6 Å². The molecule has 0 bridgehead atoms. The Morgan fingerprint density at radius 1 is 1.12 bits per heavy atom. The molecule has 1 amide bonds. The van der Waals surface area contributed by atoms with Crippen molar-refractivity contribution in [3.8, 4) is 0 Å². The number of rotatable bonds is 3. The Morgan fingerprint density at radius 2 is 1.91 bits per heavy atom. The summed E-state index contributed by atoms with van der Waals surface area (Å²) in [5.41, 5.74) is 1.47. The lowest BCUT2D eigenvalue weighted by atomic mass is 9.93. The quantitative estimate of drug-likeness (QED) is 0.793. The zero-order chi connectivity index (χ0) is 22.1. The second-order valence-electron chi connectivity index (χ2n) is 9.02. The molecule has 0 unspecified atom stereocenters. The van der Waals surface area contributed by atoms with E-state index in [1.54, 1.807) is 11.0 Å². The summed E-state index contributed by atoms with van der Waals surface area (Å²) < 4.78 is 19.0. The number of nitrogens with zero attached hydrogens (tertiary/aromatic N) is 3. The molecule has 2 saturated heterocycles. The lowest BCUT2D eigenvalue weighted by Crippen LogP contribution is -2.44. The number of H-pyrrole nitrogens is 1. The minimum absolute atomic E-state index is 0.159. The normalized spacial score (nSPS) is 20.8. The van der Waals surface area contributed by atoms with Crippen LogP contribution in [0.15, 0.2) is 29.1 Å². The van der Waals surface area contributed by atoms with Gasteiger partial charge in [0.25, 0.3) is 11.5 Å². The first-order valence-electron chi connectivity index (χ1n) is 11.6. The number of benzene rings is 1. The predicted octanol–water partition coefficient (Wildman–Crippen LogP) is 2.47. The average Bonchev–Trinajstić information content (AvgIpc) is 2.84. The van der Waals surface area contributed by atoms with Crippen LogP contribution in [0.25, 0.3) is 0 Å². The number of fused-ring (bicyclic) bond motifs is 1. The van der Waals surface area contributed by atoms with Gasteiger partial charge in [-0.1, -0.05) is 6.07 Å². The summed E-state index contributed by atoms with van der Waals surface area (Å²) >= 11 is 0. The van der Waals surface area contributed by atoms with Crippen LogP contribution >= 0.6 is 0 Å². The van der Waals surface area contributed by atoms with E-state index in [2.05, 4.69) is 9.88 Å². The van der Waals surface area contributed by atoms with E-state index in [1.807, 2.05) is 0 Å². The van der Waals surface area contributed by atoms with Crippen molar-refractivity contribution in [3.63, 3.8) is 0 Å². The molecule has 2 fully saturated rings. The molecule has 0 saturated carbocycles. The molecule has 32 heavy (non-hydrogen) atoms. The fourth-order valence-corrected chi connectivity index (χ4v) is 5.20. The molecule has 1 N–H and O–H groups in total. The number of nitrogens with one attached hydrogen (secondary N) is 1. The summed E-state index contributed by atoms with van der Waals surface area (Å²) in [5.74, 6) is 0.334. The molecule has 5 rings (SSSR count). The molecule has 1 aromatic carbocycles. The third-order valence-electron chi connectivity index (χ3n) is 7.07. The van der Waals surface area contributed by atoms with Crippen molar-refractivity contribution >= 4 is 5.91 Å². The zero-order valence-corrected chi connectivity index (χ0v) is 18.2. The van der Waals surface area contributed by atoms with Crippen LogP contribution in [0.1, 0.15) is 59.0 Å². The molecular weight excluding hydrogens is 411 g/mol. The predicted molar refractivity (Wildman–Crippen MR) is 117 cm³/mol. The first-order chi connectivity index (χ1) is 15.6. The molecule has 4 heterocycles. The molecular formula is C24H29FN4O3.